The third kappa shape index (κ3) is 5.36. The molecular weight excluding hydrogens is 404 g/mol. The molecule has 1 aromatic carbocycles. The van der Waals surface area contributed by atoms with Crippen LogP contribution in [0.4, 0.5) is 8.78 Å². The first-order valence-corrected chi connectivity index (χ1v) is 9.77. The number of carbonyl (C=O) groups excluding carboxylic acids is 2. The van der Waals surface area contributed by atoms with E-state index in [1.165, 1.54) is 23.1 Å². The number of hydrogen-bond donors (Lipinski definition) is 1. The molecule has 2 fully saturated rings. The van der Waals surface area contributed by atoms with Gasteiger partial charge in [0.1, 0.15) is 11.8 Å². The Balaban J connectivity index is 0.00000300. The standard InChI is InChI=1S/C20H27F2N3O3.ClH/c1-13(23)14-8-11-24(12-9-14)19(27)16-6-4-10-25(16)18(26)15-5-2-3-7-17(15)28-20(21)22;/h2-3,5,7,13-14,16,20H,4,6,8-12,23H2,1H3;1H. The summed E-state index contributed by atoms with van der Waals surface area (Å²) in [5.74, 6) is -0.277. The van der Waals surface area contributed by atoms with Crippen LogP contribution < -0.4 is 10.5 Å². The second-order valence-corrected chi connectivity index (χ2v) is 7.55. The summed E-state index contributed by atoms with van der Waals surface area (Å²) in [6.07, 6.45) is 3.00. The molecule has 0 saturated carbocycles. The molecule has 2 heterocycles. The zero-order chi connectivity index (χ0) is 20.3. The van der Waals surface area contributed by atoms with Crippen LogP contribution in [-0.2, 0) is 4.79 Å². The van der Waals surface area contributed by atoms with Crippen molar-refractivity contribution < 1.29 is 23.1 Å². The maximum Gasteiger partial charge on any atom is 0.387 e. The van der Waals surface area contributed by atoms with Gasteiger partial charge in [0.2, 0.25) is 5.91 Å². The van der Waals surface area contributed by atoms with Gasteiger partial charge in [-0.3, -0.25) is 9.59 Å². The van der Waals surface area contributed by atoms with Crippen molar-refractivity contribution >= 4 is 24.2 Å². The van der Waals surface area contributed by atoms with E-state index in [4.69, 9.17) is 5.73 Å². The molecule has 1 aromatic rings. The topological polar surface area (TPSA) is 75.9 Å². The average molecular weight is 432 g/mol. The molecule has 2 amide bonds. The summed E-state index contributed by atoms with van der Waals surface area (Å²) in [4.78, 5) is 29.3. The minimum atomic E-state index is -3.02. The third-order valence-corrected chi connectivity index (χ3v) is 5.73. The number of rotatable bonds is 5. The molecule has 0 bridgehead atoms. The molecule has 162 valence electrons. The van der Waals surface area contributed by atoms with E-state index in [1.807, 2.05) is 6.92 Å². The molecule has 2 atom stereocenters. The minimum Gasteiger partial charge on any atom is -0.434 e. The van der Waals surface area contributed by atoms with Gasteiger partial charge in [0, 0.05) is 25.7 Å². The molecule has 0 aliphatic carbocycles. The number of halogens is 3. The fraction of sp³-hybridized carbons (Fsp3) is 0.600. The zero-order valence-corrected chi connectivity index (χ0v) is 17.2. The lowest BCUT2D eigenvalue weighted by Crippen LogP contribution is -2.51. The van der Waals surface area contributed by atoms with E-state index in [0.717, 1.165) is 12.8 Å². The van der Waals surface area contributed by atoms with Gasteiger partial charge < -0.3 is 20.3 Å². The Labute approximate surface area is 175 Å². The number of likely N-dealkylation sites (tertiary alicyclic amines) is 2. The second kappa shape index (κ2) is 10.2. The maximum atomic E-state index is 13.0. The Morgan fingerprint density at radius 1 is 1.14 bits per heavy atom. The monoisotopic (exact) mass is 431 g/mol. The Bertz CT molecular complexity index is 712. The number of para-hydroxylation sites is 1. The predicted molar refractivity (Wildman–Crippen MR) is 107 cm³/mol. The summed E-state index contributed by atoms with van der Waals surface area (Å²) >= 11 is 0. The van der Waals surface area contributed by atoms with E-state index in [2.05, 4.69) is 4.74 Å². The Kier molecular flexibility index (Phi) is 8.22. The van der Waals surface area contributed by atoms with Gasteiger partial charge in [-0.2, -0.15) is 8.78 Å². The summed E-state index contributed by atoms with van der Waals surface area (Å²) in [5.41, 5.74) is 6.02. The van der Waals surface area contributed by atoms with Gasteiger partial charge >= 0.3 is 6.61 Å². The zero-order valence-electron chi connectivity index (χ0n) is 16.4. The van der Waals surface area contributed by atoms with Gasteiger partial charge in [0.15, 0.2) is 0 Å². The molecule has 6 nitrogen and oxygen atoms in total. The molecule has 2 N–H and O–H groups in total. The van der Waals surface area contributed by atoms with Gasteiger partial charge in [-0.25, -0.2) is 0 Å². The van der Waals surface area contributed by atoms with Crippen LogP contribution in [0.5, 0.6) is 5.75 Å². The highest BCUT2D eigenvalue weighted by Gasteiger charge is 2.38. The average Bonchev–Trinajstić information content (AvgIpc) is 3.16. The van der Waals surface area contributed by atoms with Crippen LogP contribution in [0.3, 0.4) is 0 Å². The van der Waals surface area contributed by atoms with Crippen LogP contribution in [0.15, 0.2) is 24.3 Å². The molecule has 0 radical (unpaired) electrons. The summed E-state index contributed by atoms with van der Waals surface area (Å²) in [6.45, 7) is 0.659. The number of nitrogens with zero attached hydrogens (tertiary/aromatic N) is 2. The number of piperidine rings is 1. The second-order valence-electron chi connectivity index (χ2n) is 7.55. The SMILES string of the molecule is CC(N)C1CCN(C(=O)C2CCCN2C(=O)c2ccccc2OC(F)F)CC1.Cl. The number of hydrogen-bond acceptors (Lipinski definition) is 4. The maximum absolute atomic E-state index is 13.0. The predicted octanol–water partition coefficient (Wildman–Crippen LogP) is 2.90. The largest absolute Gasteiger partial charge is 0.434 e. The van der Waals surface area contributed by atoms with Gasteiger partial charge in [-0.1, -0.05) is 12.1 Å². The van der Waals surface area contributed by atoms with Gasteiger partial charge in [0.05, 0.1) is 5.56 Å². The highest BCUT2D eigenvalue weighted by molar-refractivity contribution is 6.00. The van der Waals surface area contributed by atoms with E-state index >= 15 is 0 Å². The molecule has 2 aliphatic rings. The van der Waals surface area contributed by atoms with Crippen molar-refractivity contribution in [3.8, 4) is 5.75 Å². The van der Waals surface area contributed by atoms with E-state index in [1.54, 1.807) is 11.0 Å². The smallest absolute Gasteiger partial charge is 0.387 e. The van der Waals surface area contributed by atoms with Crippen molar-refractivity contribution in [1.82, 2.24) is 9.80 Å². The van der Waals surface area contributed by atoms with E-state index in [0.29, 0.717) is 38.4 Å². The van der Waals surface area contributed by atoms with Gasteiger partial charge in [-0.05, 0) is 50.7 Å². The summed E-state index contributed by atoms with van der Waals surface area (Å²) in [5, 5.41) is 0. The van der Waals surface area contributed by atoms with Crippen LogP contribution in [0, 0.1) is 5.92 Å². The summed E-state index contributed by atoms with van der Waals surface area (Å²) in [6, 6.07) is 5.46. The number of ether oxygens (including phenoxy) is 1. The van der Waals surface area contributed by atoms with Crippen molar-refractivity contribution in [2.24, 2.45) is 11.7 Å². The Morgan fingerprint density at radius 2 is 1.79 bits per heavy atom. The molecule has 2 aliphatic heterocycles. The van der Waals surface area contributed by atoms with Crippen LogP contribution in [0.25, 0.3) is 0 Å². The molecule has 29 heavy (non-hydrogen) atoms. The number of carbonyl (C=O) groups is 2. The first kappa shape index (κ1) is 23.3. The normalized spacial score (nSPS) is 21.1. The van der Waals surface area contributed by atoms with E-state index < -0.39 is 18.6 Å². The first-order valence-electron chi connectivity index (χ1n) is 9.77. The highest BCUT2D eigenvalue weighted by atomic mass is 35.5. The fourth-order valence-electron chi connectivity index (χ4n) is 4.12. The summed E-state index contributed by atoms with van der Waals surface area (Å²) in [7, 11) is 0. The van der Waals surface area contributed by atoms with E-state index in [9.17, 15) is 18.4 Å². The molecule has 0 spiro atoms. The van der Waals surface area contributed by atoms with Crippen LogP contribution in [0.2, 0.25) is 0 Å². The summed E-state index contributed by atoms with van der Waals surface area (Å²) < 4.78 is 29.8. The number of alkyl halides is 2. The molecule has 3 rings (SSSR count). The van der Waals surface area contributed by atoms with Crippen LogP contribution in [0.1, 0.15) is 43.0 Å². The molecule has 2 saturated heterocycles. The number of amides is 2. The van der Waals surface area contributed by atoms with Crippen molar-refractivity contribution in [3.63, 3.8) is 0 Å². The van der Waals surface area contributed by atoms with Crippen molar-refractivity contribution in [2.75, 3.05) is 19.6 Å². The lowest BCUT2D eigenvalue weighted by Gasteiger charge is -2.36. The molecular formula is C20H28ClF2N3O3. The first-order chi connectivity index (χ1) is 13.4. The Morgan fingerprint density at radius 3 is 2.41 bits per heavy atom. The molecule has 2 unspecified atom stereocenters. The van der Waals surface area contributed by atoms with Crippen molar-refractivity contribution in [3.05, 3.63) is 29.8 Å². The molecule has 9 heteroatoms. The number of nitrogens with two attached hydrogens (primary N) is 1. The van der Waals surface area contributed by atoms with Crippen molar-refractivity contribution in [1.29, 1.82) is 0 Å². The van der Waals surface area contributed by atoms with Crippen molar-refractivity contribution in [2.45, 2.75) is 51.3 Å². The number of benzene rings is 1. The Hall–Kier alpha value is -1.93. The van der Waals surface area contributed by atoms with Crippen LogP contribution in [-0.4, -0.2) is 59.9 Å². The van der Waals surface area contributed by atoms with E-state index in [-0.39, 0.29) is 35.7 Å². The quantitative estimate of drug-likeness (QED) is 0.777. The third-order valence-electron chi connectivity index (χ3n) is 5.73. The van der Waals surface area contributed by atoms with Gasteiger partial charge in [-0.15, -0.1) is 12.4 Å². The lowest BCUT2D eigenvalue weighted by molar-refractivity contribution is -0.136. The fourth-order valence-corrected chi connectivity index (χ4v) is 4.12. The lowest BCUT2D eigenvalue weighted by atomic mass is 9.90. The molecule has 0 aromatic heterocycles. The minimum absolute atomic E-state index is 0. The van der Waals surface area contributed by atoms with Crippen LogP contribution >= 0.6 is 12.4 Å². The van der Waals surface area contributed by atoms with Gasteiger partial charge in [0.25, 0.3) is 5.91 Å². The highest BCUT2D eigenvalue weighted by Crippen LogP contribution is 2.28.